The van der Waals surface area contributed by atoms with Gasteiger partial charge in [0, 0.05) is 18.3 Å². The summed E-state index contributed by atoms with van der Waals surface area (Å²) in [5, 5.41) is 13.8. The minimum absolute atomic E-state index is 0.0402. The van der Waals surface area contributed by atoms with Crippen LogP contribution in [0.25, 0.3) is 5.69 Å². The zero-order valence-corrected chi connectivity index (χ0v) is 14.5. The number of hydrogen-bond donors (Lipinski definition) is 1. The zero-order chi connectivity index (χ0) is 18.5. The Morgan fingerprint density at radius 2 is 1.92 bits per heavy atom. The Bertz CT molecular complexity index is 909. The highest BCUT2D eigenvalue weighted by atomic mass is 16.2. The van der Waals surface area contributed by atoms with Crippen molar-refractivity contribution in [3.05, 3.63) is 66.0 Å². The lowest BCUT2D eigenvalue weighted by Crippen LogP contribution is -2.35. The van der Waals surface area contributed by atoms with Gasteiger partial charge in [-0.3, -0.25) is 9.59 Å². The predicted molar refractivity (Wildman–Crippen MR) is 95.9 cm³/mol. The van der Waals surface area contributed by atoms with E-state index >= 15 is 0 Å². The number of para-hydroxylation sites is 1. The van der Waals surface area contributed by atoms with Crippen LogP contribution in [0.5, 0.6) is 0 Å². The van der Waals surface area contributed by atoms with Gasteiger partial charge in [-0.15, -0.1) is 5.10 Å². The lowest BCUT2D eigenvalue weighted by Gasteiger charge is -2.17. The number of aromatic nitrogens is 4. The van der Waals surface area contributed by atoms with Crippen molar-refractivity contribution in [2.24, 2.45) is 0 Å². The molecule has 0 saturated heterocycles. The molecule has 3 rings (SSSR count). The molecular formula is C18H18N6O2. The minimum atomic E-state index is -0.255. The Morgan fingerprint density at radius 3 is 2.58 bits per heavy atom. The second kappa shape index (κ2) is 7.56. The van der Waals surface area contributed by atoms with Gasteiger partial charge >= 0.3 is 0 Å². The van der Waals surface area contributed by atoms with Gasteiger partial charge < -0.3 is 10.2 Å². The second-order valence-corrected chi connectivity index (χ2v) is 5.83. The molecule has 0 aliphatic heterocycles. The van der Waals surface area contributed by atoms with Crippen molar-refractivity contribution in [1.82, 2.24) is 25.1 Å². The summed E-state index contributed by atoms with van der Waals surface area (Å²) in [7, 11) is 1.59. The number of benzene rings is 2. The molecule has 0 spiro atoms. The molecule has 0 radical (unpaired) electrons. The third kappa shape index (κ3) is 3.92. The van der Waals surface area contributed by atoms with Gasteiger partial charge in [0.05, 0.1) is 12.2 Å². The average molecular weight is 350 g/mol. The zero-order valence-electron chi connectivity index (χ0n) is 14.5. The molecule has 0 aliphatic rings. The van der Waals surface area contributed by atoms with E-state index in [-0.39, 0.29) is 18.4 Å². The van der Waals surface area contributed by atoms with Crippen LogP contribution in [-0.2, 0) is 4.79 Å². The molecule has 3 aromatic rings. The first-order valence-electron chi connectivity index (χ1n) is 7.99. The average Bonchev–Trinajstić information content (AvgIpc) is 3.16. The Morgan fingerprint density at radius 1 is 1.15 bits per heavy atom. The molecule has 0 aliphatic carbocycles. The lowest BCUT2D eigenvalue weighted by molar-refractivity contribution is -0.116. The fourth-order valence-corrected chi connectivity index (χ4v) is 2.55. The standard InChI is InChI=1S/C18H18N6O2/c1-13-10-14(8-9-16(13)24-12-19-21-22-24)18(26)23(2)11-17(25)20-15-6-4-3-5-7-15/h3-10,12H,11H2,1-2H3,(H,20,25). The molecule has 0 bridgehead atoms. The van der Waals surface area contributed by atoms with Crippen LogP contribution in [0.2, 0.25) is 0 Å². The molecule has 1 N–H and O–H groups in total. The van der Waals surface area contributed by atoms with E-state index in [0.29, 0.717) is 11.3 Å². The molecule has 0 saturated carbocycles. The van der Waals surface area contributed by atoms with E-state index in [1.807, 2.05) is 25.1 Å². The first-order valence-corrected chi connectivity index (χ1v) is 7.99. The van der Waals surface area contributed by atoms with E-state index in [2.05, 4.69) is 20.8 Å². The van der Waals surface area contributed by atoms with Gasteiger partial charge in [0.25, 0.3) is 5.91 Å². The molecule has 2 aromatic carbocycles. The molecule has 132 valence electrons. The van der Waals surface area contributed by atoms with Crippen molar-refractivity contribution in [3.63, 3.8) is 0 Å². The van der Waals surface area contributed by atoms with E-state index in [4.69, 9.17) is 0 Å². The summed E-state index contributed by atoms with van der Waals surface area (Å²) in [5.74, 6) is -0.492. The fourth-order valence-electron chi connectivity index (χ4n) is 2.55. The molecule has 8 nitrogen and oxygen atoms in total. The van der Waals surface area contributed by atoms with Gasteiger partial charge in [-0.2, -0.15) is 0 Å². The van der Waals surface area contributed by atoms with Crippen molar-refractivity contribution in [3.8, 4) is 5.69 Å². The summed E-state index contributed by atoms with van der Waals surface area (Å²) in [6.07, 6.45) is 1.49. The highest BCUT2D eigenvalue weighted by Crippen LogP contribution is 2.15. The topological polar surface area (TPSA) is 93.0 Å². The van der Waals surface area contributed by atoms with Gasteiger partial charge in [-0.25, -0.2) is 4.68 Å². The van der Waals surface area contributed by atoms with E-state index < -0.39 is 0 Å². The van der Waals surface area contributed by atoms with Gasteiger partial charge in [0.2, 0.25) is 5.91 Å². The Kier molecular flexibility index (Phi) is 5.02. The number of hydrogen-bond acceptors (Lipinski definition) is 5. The number of carbonyl (C=O) groups is 2. The normalized spacial score (nSPS) is 10.4. The molecule has 0 fully saturated rings. The van der Waals surface area contributed by atoms with E-state index in [1.54, 1.807) is 37.4 Å². The van der Waals surface area contributed by atoms with Crippen molar-refractivity contribution in [2.45, 2.75) is 6.92 Å². The third-order valence-electron chi connectivity index (χ3n) is 3.82. The summed E-state index contributed by atoms with van der Waals surface area (Å²) in [4.78, 5) is 26.1. The van der Waals surface area contributed by atoms with Gasteiger partial charge in [-0.1, -0.05) is 18.2 Å². The summed E-state index contributed by atoms with van der Waals surface area (Å²) in [6, 6.07) is 14.3. The second-order valence-electron chi connectivity index (χ2n) is 5.83. The molecule has 2 amide bonds. The predicted octanol–water partition coefficient (Wildman–Crippen LogP) is 1.68. The van der Waals surface area contributed by atoms with Crippen molar-refractivity contribution in [2.75, 3.05) is 18.9 Å². The number of nitrogens with one attached hydrogen (secondary N) is 1. The highest BCUT2D eigenvalue weighted by molar-refractivity contribution is 5.99. The summed E-state index contributed by atoms with van der Waals surface area (Å²) < 4.78 is 1.53. The summed E-state index contributed by atoms with van der Waals surface area (Å²) >= 11 is 0. The van der Waals surface area contributed by atoms with Crippen LogP contribution < -0.4 is 5.32 Å². The van der Waals surface area contributed by atoms with Crippen LogP contribution in [0.1, 0.15) is 15.9 Å². The molecule has 26 heavy (non-hydrogen) atoms. The van der Waals surface area contributed by atoms with Crippen LogP contribution in [-0.4, -0.2) is 50.5 Å². The van der Waals surface area contributed by atoms with Gasteiger partial charge in [0.1, 0.15) is 6.33 Å². The summed E-state index contributed by atoms with van der Waals surface area (Å²) in [5.41, 5.74) is 2.83. The smallest absolute Gasteiger partial charge is 0.254 e. The number of aryl methyl sites for hydroxylation is 1. The monoisotopic (exact) mass is 350 g/mol. The molecule has 1 aromatic heterocycles. The molecular weight excluding hydrogens is 332 g/mol. The number of amides is 2. The van der Waals surface area contributed by atoms with Gasteiger partial charge in [0.15, 0.2) is 0 Å². The van der Waals surface area contributed by atoms with Crippen LogP contribution in [0, 0.1) is 6.92 Å². The number of likely N-dealkylation sites (N-methyl/N-ethyl adjacent to an activating group) is 1. The Labute approximate surface area is 150 Å². The fraction of sp³-hybridized carbons (Fsp3) is 0.167. The van der Waals surface area contributed by atoms with E-state index in [0.717, 1.165) is 11.3 Å². The van der Waals surface area contributed by atoms with E-state index in [1.165, 1.54) is 15.9 Å². The van der Waals surface area contributed by atoms with Crippen molar-refractivity contribution in [1.29, 1.82) is 0 Å². The first-order chi connectivity index (χ1) is 12.5. The van der Waals surface area contributed by atoms with Crippen LogP contribution in [0.4, 0.5) is 5.69 Å². The Hall–Kier alpha value is -3.55. The first kappa shape index (κ1) is 17.3. The maximum absolute atomic E-state index is 12.6. The number of carbonyl (C=O) groups excluding carboxylic acids is 2. The Balaban J connectivity index is 1.66. The highest BCUT2D eigenvalue weighted by Gasteiger charge is 2.16. The molecule has 1 heterocycles. The quantitative estimate of drug-likeness (QED) is 0.756. The third-order valence-corrected chi connectivity index (χ3v) is 3.82. The van der Waals surface area contributed by atoms with Crippen LogP contribution in [0.3, 0.4) is 0 Å². The maximum Gasteiger partial charge on any atom is 0.254 e. The number of nitrogens with zero attached hydrogens (tertiary/aromatic N) is 5. The number of anilines is 1. The van der Waals surface area contributed by atoms with Gasteiger partial charge in [-0.05, 0) is 53.2 Å². The number of tetrazole rings is 1. The maximum atomic E-state index is 12.6. The van der Waals surface area contributed by atoms with Crippen molar-refractivity contribution >= 4 is 17.5 Å². The summed E-state index contributed by atoms with van der Waals surface area (Å²) in [6.45, 7) is 1.83. The van der Waals surface area contributed by atoms with Crippen molar-refractivity contribution < 1.29 is 9.59 Å². The molecule has 0 unspecified atom stereocenters. The molecule has 0 atom stereocenters. The van der Waals surface area contributed by atoms with Crippen LogP contribution in [0.15, 0.2) is 54.9 Å². The largest absolute Gasteiger partial charge is 0.332 e. The SMILES string of the molecule is Cc1cc(C(=O)N(C)CC(=O)Nc2ccccc2)ccc1-n1cnnn1. The molecule has 8 heteroatoms. The van der Waals surface area contributed by atoms with E-state index in [9.17, 15) is 9.59 Å². The number of rotatable bonds is 5. The lowest BCUT2D eigenvalue weighted by atomic mass is 10.1. The van der Waals surface area contributed by atoms with Crippen LogP contribution >= 0.6 is 0 Å². The minimum Gasteiger partial charge on any atom is -0.332 e.